The van der Waals surface area contributed by atoms with Gasteiger partial charge in [0, 0.05) is 24.8 Å². The second-order valence-electron chi connectivity index (χ2n) is 9.39. The Hall–Kier alpha value is -1.77. The summed E-state index contributed by atoms with van der Waals surface area (Å²) in [5.41, 5.74) is 0.595. The molecule has 2 heterocycles. The number of rotatable bonds is 0. The van der Waals surface area contributed by atoms with Gasteiger partial charge in [0.25, 0.3) is 0 Å². The Morgan fingerprint density at radius 3 is 0.941 bits per heavy atom. The Bertz CT molecular complexity index is 405. The fourth-order valence-electron chi connectivity index (χ4n) is 1.84. The van der Waals surface area contributed by atoms with Crippen LogP contribution in [0.4, 0.5) is 0 Å². The van der Waals surface area contributed by atoms with E-state index in [0.29, 0.717) is 5.41 Å². The van der Waals surface area contributed by atoms with Crippen molar-refractivity contribution in [1.29, 1.82) is 0 Å². The minimum Gasteiger partial charge on any atom is -0.265 e. The van der Waals surface area contributed by atoms with Crippen LogP contribution in [0.3, 0.4) is 0 Å². The molecule has 3 rings (SSSR count). The zero-order valence-electron chi connectivity index (χ0n) is 25.9. The van der Waals surface area contributed by atoms with Gasteiger partial charge in [-0.05, 0) is 54.2 Å². The molecule has 34 heavy (non-hydrogen) atoms. The van der Waals surface area contributed by atoms with Gasteiger partial charge in [-0.25, -0.2) is 9.97 Å². The van der Waals surface area contributed by atoms with E-state index in [1.807, 2.05) is 59.7 Å². The molecule has 1 saturated carbocycles. The van der Waals surface area contributed by atoms with E-state index >= 15 is 0 Å². The lowest BCUT2D eigenvalue weighted by molar-refractivity contribution is 0.141. The maximum absolute atomic E-state index is 3.78. The molecule has 3 nitrogen and oxygen atoms in total. The first-order valence-corrected chi connectivity index (χ1v) is 13.6. The maximum Gasteiger partial charge on any atom is 0.115 e. The molecular formula is C31H63N3. The molecule has 0 spiro atoms. The van der Waals surface area contributed by atoms with Crippen LogP contribution in [0, 0.1) is 23.2 Å². The van der Waals surface area contributed by atoms with Gasteiger partial charge in [-0.2, -0.15) is 0 Å². The van der Waals surface area contributed by atoms with E-state index in [0.717, 1.165) is 17.8 Å². The number of nitrogens with zero attached hydrogens (tertiary/aromatic N) is 3. The van der Waals surface area contributed by atoms with E-state index in [2.05, 4.69) is 77.3 Å². The first-order chi connectivity index (χ1) is 16.1. The first kappa shape index (κ1) is 42.4. The monoisotopic (exact) mass is 478 g/mol. The minimum absolute atomic E-state index is 0.595. The third kappa shape index (κ3) is 52.3. The average molecular weight is 478 g/mol. The molecule has 202 valence electrons. The van der Waals surface area contributed by atoms with E-state index in [-0.39, 0.29) is 0 Å². The van der Waals surface area contributed by atoms with Crippen molar-refractivity contribution in [1.82, 2.24) is 15.0 Å². The lowest BCUT2D eigenvalue weighted by Gasteiger charge is -2.37. The summed E-state index contributed by atoms with van der Waals surface area (Å²) in [5.74, 6) is 2.70. The van der Waals surface area contributed by atoms with E-state index in [1.54, 1.807) is 30.9 Å². The van der Waals surface area contributed by atoms with Gasteiger partial charge in [0.1, 0.15) is 6.33 Å². The zero-order chi connectivity index (χ0) is 27.8. The predicted octanol–water partition coefficient (Wildman–Crippen LogP) is 10.8. The second kappa shape index (κ2) is 35.8. The summed E-state index contributed by atoms with van der Waals surface area (Å²) >= 11 is 0. The van der Waals surface area contributed by atoms with E-state index < -0.39 is 0 Å². The summed E-state index contributed by atoms with van der Waals surface area (Å²) in [6.45, 7) is 32.0. The third-order valence-corrected chi connectivity index (χ3v) is 3.37. The van der Waals surface area contributed by atoms with Gasteiger partial charge in [0.15, 0.2) is 0 Å². The van der Waals surface area contributed by atoms with Crippen LogP contribution in [-0.2, 0) is 0 Å². The van der Waals surface area contributed by atoms with Crippen LogP contribution >= 0.6 is 0 Å². The van der Waals surface area contributed by atoms with Crippen molar-refractivity contribution in [2.75, 3.05) is 0 Å². The van der Waals surface area contributed by atoms with Gasteiger partial charge in [-0.3, -0.25) is 4.98 Å². The number of aromatic nitrogens is 3. The van der Waals surface area contributed by atoms with Crippen LogP contribution in [0.5, 0.6) is 0 Å². The SMILES string of the molecule is CC.CC.CC.CC(C)(C)C1CCC1.CC(C)C.CC(C)C.c1ccncc1.c1cncnc1. The van der Waals surface area contributed by atoms with Crippen LogP contribution in [0.15, 0.2) is 55.4 Å². The molecule has 0 aliphatic heterocycles. The molecule has 1 aliphatic carbocycles. The molecule has 0 aromatic carbocycles. The summed E-state index contributed by atoms with van der Waals surface area (Å²) < 4.78 is 0. The van der Waals surface area contributed by atoms with Crippen molar-refractivity contribution >= 4 is 0 Å². The van der Waals surface area contributed by atoms with Crippen LogP contribution in [0.25, 0.3) is 0 Å². The Balaban J connectivity index is -0.0000000996. The standard InChI is InChI=1S/C8H16.C5H5N.C4H4N2.2C4H10.3C2H6/c1-8(2,3)7-5-4-6-7;1-2-4-6-5-3-1;1-2-5-4-6-3-1;2*1-4(2)3;3*1-2/h7H,4-6H2,1-3H3;1-5H;1-4H;2*4H,1-3H3;3*1-2H3. The van der Waals surface area contributed by atoms with Crippen molar-refractivity contribution in [3.63, 3.8) is 0 Å². The van der Waals surface area contributed by atoms with E-state index in [4.69, 9.17) is 0 Å². The average Bonchev–Trinajstić information content (AvgIpc) is 2.78. The van der Waals surface area contributed by atoms with E-state index in [1.165, 1.54) is 25.6 Å². The zero-order valence-corrected chi connectivity index (χ0v) is 25.9. The van der Waals surface area contributed by atoms with Crippen molar-refractivity contribution in [2.45, 2.75) is 123 Å². The Labute approximate surface area is 216 Å². The largest absolute Gasteiger partial charge is 0.265 e. The lowest BCUT2D eigenvalue weighted by Crippen LogP contribution is -2.26. The molecule has 0 saturated heterocycles. The highest BCUT2D eigenvalue weighted by molar-refractivity contribution is 4.88. The highest BCUT2D eigenvalue weighted by atomic mass is 14.8. The first-order valence-electron chi connectivity index (χ1n) is 13.6. The van der Waals surface area contributed by atoms with Gasteiger partial charge < -0.3 is 0 Å². The van der Waals surface area contributed by atoms with Gasteiger partial charge >= 0.3 is 0 Å². The van der Waals surface area contributed by atoms with E-state index in [9.17, 15) is 0 Å². The van der Waals surface area contributed by atoms with Crippen molar-refractivity contribution in [3.8, 4) is 0 Å². The molecule has 0 unspecified atom stereocenters. The van der Waals surface area contributed by atoms with Gasteiger partial charge in [-0.15, -0.1) is 0 Å². The van der Waals surface area contributed by atoms with Gasteiger partial charge in [-0.1, -0.05) is 116 Å². The molecule has 1 aliphatic rings. The Kier molecular flexibility index (Phi) is 44.7. The summed E-state index contributed by atoms with van der Waals surface area (Å²) in [4.78, 5) is 11.1. The van der Waals surface area contributed by atoms with Gasteiger partial charge in [0.05, 0.1) is 0 Å². The predicted molar refractivity (Wildman–Crippen MR) is 158 cm³/mol. The molecule has 0 radical (unpaired) electrons. The summed E-state index contributed by atoms with van der Waals surface area (Å²) in [6, 6.07) is 7.49. The van der Waals surface area contributed by atoms with Crippen LogP contribution < -0.4 is 0 Å². The smallest absolute Gasteiger partial charge is 0.115 e. The number of hydrogen-bond donors (Lipinski definition) is 0. The summed E-state index contributed by atoms with van der Waals surface area (Å²) in [7, 11) is 0. The molecule has 3 heteroatoms. The molecule has 1 fully saturated rings. The molecule has 0 bridgehead atoms. The number of pyridine rings is 1. The normalized spacial score (nSPS) is 10.9. The van der Waals surface area contributed by atoms with Crippen LogP contribution in [0.1, 0.15) is 123 Å². The summed E-state index contributed by atoms with van der Waals surface area (Å²) in [5, 5.41) is 0. The Morgan fingerprint density at radius 1 is 0.559 bits per heavy atom. The molecule has 0 N–H and O–H groups in total. The minimum atomic E-state index is 0.595. The fourth-order valence-corrected chi connectivity index (χ4v) is 1.84. The third-order valence-electron chi connectivity index (χ3n) is 3.37. The topological polar surface area (TPSA) is 38.7 Å². The maximum atomic E-state index is 3.78. The van der Waals surface area contributed by atoms with Crippen molar-refractivity contribution < 1.29 is 0 Å². The second-order valence-corrected chi connectivity index (χ2v) is 9.39. The van der Waals surface area contributed by atoms with Gasteiger partial charge in [0.2, 0.25) is 0 Å². The summed E-state index contributed by atoms with van der Waals surface area (Å²) in [6.07, 6.45) is 12.8. The quantitative estimate of drug-likeness (QED) is 0.378. The molecule has 0 atom stereocenters. The highest BCUT2D eigenvalue weighted by Gasteiger charge is 2.29. The van der Waals surface area contributed by atoms with Crippen LogP contribution in [-0.4, -0.2) is 15.0 Å². The molecular weight excluding hydrogens is 414 g/mol. The molecule has 0 amide bonds. The van der Waals surface area contributed by atoms with Crippen LogP contribution in [0.2, 0.25) is 0 Å². The number of hydrogen-bond acceptors (Lipinski definition) is 3. The molecule has 2 aromatic rings. The lowest BCUT2D eigenvalue weighted by atomic mass is 9.69. The molecule has 2 aromatic heterocycles. The fraction of sp³-hybridized carbons (Fsp3) is 0.710. The highest BCUT2D eigenvalue weighted by Crippen LogP contribution is 2.40. The van der Waals surface area contributed by atoms with Crippen molar-refractivity contribution in [3.05, 3.63) is 55.4 Å². The van der Waals surface area contributed by atoms with Crippen molar-refractivity contribution in [2.24, 2.45) is 23.2 Å². The Morgan fingerprint density at radius 2 is 0.882 bits per heavy atom.